The molecule has 0 N–H and O–H groups in total. The van der Waals surface area contributed by atoms with E-state index in [0.717, 1.165) is 12.5 Å². The molecule has 1 nitrogen and oxygen atoms in total. The Morgan fingerprint density at radius 2 is 1.79 bits per heavy atom. The first-order chi connectivity index (χ1) is 6.88. The van der Waals surface area contributed by atoms with Gasteiger partial charge in [0.05, 0.1) is 0 Å². The molecule has 0 unspecified atom stereocenters. The van der Waals surface area contributed by atoms with Gasteiger partial charge in [-0.25, -0.2) is 0 Å². The minimum absolute atomic E-state index is 0.910. The predicted molar refractivity (Wildman–Crippen MR) is 63.3 cm³/mol. The van der Waals surface area contributed by atoms with Crippen molar-refractivity contribution in [3.05, 3.63) is 6.92 Å². The van der Waals surface area contributed by atoms with Crippen LogP contribution in [-0.2, 0) is 0 Å². The van der Waals surface area contributed by atoms with Crippen molar-refractivity contribution in [2.75, 3.05) is 13.1 Å². The van der Waals surface area contributed by atoms with Crippen LogP contribution in [0.15, 0.2) is 0 Å². The zero-order valence-corrected chi connectivity index (χ0v) is 9.80. The topological polar surface area (TPSA) is 3.24 Å². The highest BCUT2D eigenvalue weighted by molar-refractivity contribution is 4.77. The lowest BCUT2D eigenvalue weighted by Crippen LogP contribution is -2.34. The molecular formula is C13H26N. The summed E-state index contributed by atoms with van der Waals surface area (Å²) in [7, 11) is 0. The van der Waals surface area contributed by atoms with E-state index in [1.54, 1.807) is 0 Å². The molecule has 1 saturated carbocycles. The molecule has 0 aromatic carbocycles. The van der Waals surface area contributed by atoms with Crippen LogP contribution in [0.25, 0.3) is 0 Å². The van der Waals surface area contributed by atoms with Crippen molar-refractivity contribution in [1.82, 2.24) is 4.90 Å². The molecule has 1 rings (SSSR count). The number of rotatable bonds is 7. The summed E-state index contributed by atoms with van der Waals surface area (Å²) in [5.41, 5.74) is 0. The molecule has 0 saturated heterocycles. The van der Waals surface area contributed by atoms with E-state index < -0.39 is 0 Å². The summed E-state index contributed by atoms with van der Waals surface area (Å²) in [4.78, 5) is 2.72. The summed E-state index contributed by atoms with van der Waals surface area (Å²) < 4.78 is 0. The summed E-state index contributed by atoms with van der Waals surface area (Å²) in [6.07, 6.45) is 10.9. The maximum absolute atomic E-state index is 3.94. The van der Waals surface area contributed by atoms with Gasteiger partial charge in [0.25, 0.3) is 0 Å². The monoisotopic (exact) mass is 196 g/mol. The van der Waals surface area contributed by atoms with Gasteiger partial charge in [-0.3, -0.25) is 0 Å². The van der Waals surface area contributed by atoms with Crippen LogP contribution in [-0.4, -0.2) is 24.0 Å². The van der Waals surface area contributed by atoms with Crippen molar-refractivity contribution >= 4 is 0 Å². The second-order valence-corrected chi connectivity index (χ2v) is 4.53. The zero-order chi connectivity index (χ0) is 10.2. The number of hydrogen-bond donors (Lipinski definition) is 0. The van der Waals surface area contributed by atoms with E-state index in [0.29, 0.717) is 0 Å². The summed E-state index contributed by atoms with van der Waals surface area (Å²) in [6, 6.07) is 0.910. The largest absolute Gasteiger partial charge is 0.300 e. The highest BCUT2D eigenvalue weighted by Gasteiger charge is 2.21. The smallest absolute Gasteiger partial charge is 0.00952 e. The van der Waals surface area contributed by atoms with E-state index in [-0.39, 0.29) is 0 Å². The standard InChI is InChI=1S/C13H26N/c1-3-5-11-14(12-6-4-2)13-9-7-8-10-13/h13H,1,3-12H2,2H3. The Kier molecular flexibility index (Phi) is 6.25. The molecule has 0 aromatic rings. The van der Waals surface area contributed by atoms with E-state index >= 15 is 0 Å². The second kappa shape index (κ2) is 7.28. The molecule has 1 fully saturated rings. The predicted octanol–water partition coefficient (Wildman–Crippen LogP) is 3.65. The van der Waals surface area contributed by atoms with E-state index in [1.807, 2.05) is 0 Å². The van der Waals surface area contributed by atoms with Crippen LogP contribution in [0, 0.1) is 6.92 Å². The second-order valence-electron chi connectivity index (χ2n) is 4.53. The SMILES string of the molecule is [CH2]CCCN(CCCC)C1CCCC1. The molecule has 83 valence electrons. The van der Waals surface area contributed by atoms with Crippen LogP contribution in [0.3, 0.4) is 0 Å². The Bertz CT molecular complexity index is 119. The van der Waals surface area contributed by atoms with Crippen LogP contribution in [0.1, 0.15) is 58.3 Å². The summed E-state index contributed by atoms with van der Waals surface area (Å²) in [5, 5.41) is 0. The molecule has 0 heterocycles. The van der Waals surface area contributed by atoms with E-state index in [4.69, 9.17) is 0 Å². The number of hydrogen-bond acceptors (Lipinski definition) is 1. The molecule has 1 aliphatic rings. The van der Waals surface area contributed by atoms with Crippen LogP contribution in [0.5, 0.6) is 0 Å². The molecule has 1 aliphatic carbocycles. The van der Waals surface area contributed by atoms with E-state index in [2.05, 4.69) is 18.7 Å². The lowest BCUT2D eigenvalue weighted by Gasteiger charge is -2.28. The molecule has 0 aliphatic heterocycles. The third kappa shape index (κ3) is 4.00. The van der Waals surface area contributed by atoms with Gasteiger partial charge in [-0.15, -0.1) is 0 Å². The Labute approximate surface area is 89.9 Å². The highest BCUT2D eigenvalue weighted by atomic mass is 15.1. The maximum Gasteiger partial charge on any atom is 0.00952 e. The summed E-state index contributed by atoms with van der Waals surface area (Å²) in [5.74, 6) is 0. The minimum atomic E-state index is 0.910. The van der Waals surface area contributed by atoms with Crippen molar-refractivity contribution in [2.45, 2.75) is 64.3 Å². The minimum Gasteiger partial charge on any atom is -0.300 e. The quantitative estimate of drug-likeness (QED) is 0.601. The fourth-order valence-electron chi connectivity index (χ4n) is 2.42. The normalized spacial score (nSPS) is 18.2. The van der Waals surface area contributed by atoms with Gasteiger partial charge in [0.1, 0.15) is 0 Å². The van der Waals surface area contributed by atoms with Crippen molar-refractivity contribution in [3.8, 4) is 0 Å². The van der Waals surface area contributed by atoms with Crippen molar-refractivity contribution in [1.29, 1.82) is 0 Å². The average molecular weight is 196 g/mol. The average Bonchev–Trinajstić information content (AvgIpc) is 2.71. The Morgan fingerprint density at radius 1 is 1.14 bits per heavy atom. The molecule has 0 bridgehead atoms. The van der Waals surface area contributed by atoms with Gasteiger partial charge >= 0.3 is 0 Å². The molecular weight excluding hydrogens is 170 g/mol. The van der Waals surface area contributed by atoms with Crippen molar-refractivity contribution in [3.63, 3.8) is 0 Å². The lowest BCUT2D eigenvalue weighted by atomic mass is 10.1. The molecule has 0 atom stereocenters. The van der Waals surface area contributed by atoms with Crippen LogP contribution >= 0.6 is 0 Å². The van der Waals surface area contributed by atoms with Crippen molar-refractivity contribution < 1.29 is 0 Å². The van der Waals surface area contributed by atoms with Gasteiger partial charge < -0.3 is 4.90 Å². The molecule has 0 amide bonds. The van der Waals surface area contributed by atoms with Gasteiger partial charge in [0.15, 0.2) is 0 Å². The highest BCUT2D eigenvalue weighted by Crippen LogP contribution is 2.24. The third-order valence-corrected chi connectivity index (χ3v) is 3.34. The fourth-order valence-corrected chi connectivity index (χ4v) is 2.42. The lowest BCUT2D eigenvalue weighted by molar-refractivity contribution is 0.193. The summed E-state index contributed by atoms with van der Waals surface area (Å²) >= 11 is 0. The van der Waals surface area contributed by atoms with Gasteiger partial charge in [-0.2, -0.15) is 0 Å². The van der Waals surface area contributed by atoms with Crippen LogP contribution in [0.2, 0.25) is 0 Å². The molecule has 1 radical (unpaired) electrons. The number of unbranched alkanes of at least 4 members (excludes halogenated alkanes) is 2. The first kappa shape index (κ1) is 12.0. The zero-order valence-electron chi connectivity index (χ0n) is 9.80. The van der Waals surface area contributed by atoms with Crippen molar-refractivity contribution in [2.24, 2.45) is 0 Å². The van der Waals surface area contributed by atoms with E-state index in [9.17, 15) is 0 Å². The molecule has 14 heavy (non-hydrogen) atoms. The first-order valence-corrected chi connectivity index (χ1v) is 6.41. The number of nitrogens with zero attached hydrogens (tertiary/aromatic N) is 1. The Balaban J connectivity index is 2.26. The molecule has 1 heteroatoms. The first-order valence-electron chi connectivity index (χ1n) is 6.41. The van der Waals surface area contributed by atoms with Crippen LogP contribution < -0.4 is 0 Å². The Hall–Kier alpha value is -0.0400. The van der Waals surface area contributed by atoms with Gasteiger partial charge in [-0.1, -0.05) is 39.5 Å². The maximum atomic E-state index is 3.94. The molecule has 0 aromatic heterocycles. The fraction of sp³-hybridized carbons (Fsp3) is 0.923. The Morgan fingerprint density at radius 3 is 2.36 bits per heavy atom. The summed E-state index contributed by atoms with van der Waals surface area (Å²) in [6.45, 7) is 8.83. The van der Waals surface area contributed by atoms with Gasteiger partial charge in [0, 0.05) is 6.04 Å². The van der Waals surface area contributed by atoms with Gasteiger partial charge in [0.2, 0.25) is 0 Å². The third-order valence-electron chi connectivity index (χ3n) is 3.34. The molecule has 0 spiro atoms. The van der Waals surface area contributed by atoms with Crippen LogP contribution in [0.4, 0.5) is 0 Å². The van der Waals surface area contributed by atoms with Gasteiger partial charge in [-0.05, 0) is 38.8 Å². The van der Waals surface area contributed by atoms with E-state index in [1.165, 1.54) is 58.0 Å².